The van der Waals surface area contributed by atoms with Crippen molar-refractivity contribution in [3.63, 3.8) is 0 Å². The van der Waals surface area contributed by atoms with Crippen LogP contribution in [-0.2, 0) is 12.8 Å². The molecule has 0 atom stereocenters. The maximum Gasteiger partial charge on any atom is 0.274 e. The number of carbonyl (C=O) groups is 1. The van der Waals surface area contributed by atoms with E-state index in [4.69, 9.17) is 5.10 Å². The molecule has 3 aromatic rings. The third-order valence-electron chi connectivity index (χ3n) is 6.73. The summed E-state index contributed by atoms with van der Waals surface area (Å²) < 4.78 is 1.78. The average molecular weight is 445 g/mol. The lowest BCUT2D eigenvalue weighted by Crippen LogP contribution is -2.49. The highest BCUT2D eigenvalue weighted by atomic mass is 32.1. The molecule has 3 aliphatic rings. The second kappa shape index (κ2) is 7.84. The van der Waals surface area contributed by atoms with Crippen LogP contribution >= 0.6 is 11.3 Å². The predicted molar refractivity (Wildman–Crippen MR) is 122 cm³/mol. The summed E-state index contributed by atoms with van der Waals surface area (Å²) in [5.74, 6) is 1.46. The van der Waals surface area contributed by atoms with Crippen LogP contribution in [-0.4, -0.2) is 63.2 Å². The Morgan fingerprint density at radius 2 is 2.00 bits per heavy atom. The Labute approximate surface area is 190 Å². The molecule has 0 unspecified atom stereocenters. The Bertz CT molecular complexity index is 1230. The molecule has 0 radical (unpaired) electrons. The first-order chi connectivity index (χ1) is 15.7. The van der Waals surface area contributed by atoms with Crippen molar-refractivity contribution in [3.05, 3.63) is 51.5 Å². The quantitative estimate of drug-likeness (QED) is 0.618. The monoisotopic (exact) mass is 444 g/mol. The van der Waals surface area contributed by atoms with Crippen LogP contribution in [0.3, 0.4) is 0 Å². The summed E-state index contributed by atoms with van der Waals surface area (Å²) >= 11 is 1.74. The van der Waals surface area contributed by atoms with Gasteiger partial charge in [0.1, 0.15) is 11.8 Å². The first-order valence-electron chi connectivity index (χ1n) is 11.3. The maximum atomic E-state index is 13.6. The van der Waals surface area contributed by atoms with E-state index in [2.05, 4.69) is 27.4 Å². The summed E-state index contributed by atoms with van der Waals surface area (Å²) in [5.41, 5.74) is 3.96. The Morgan fingerprint density at radius 3 is 2.78 bits per heavy atom. The predicted octanol–water partition coefficient (Wildman–Crippen LogP) is 3.13. The van der Waals surface area contributed by atoms with Crippen LogP contribution in [0.25, 0.3) is 17.1 Å². The van der Waals surface area contributed by atoms with E-state index < -0.39 is 0 Å². The van der Waals surface area contributed by atoms with Crippen LogP contribution in [0, 0.1) is 17.2 Å². The molecule has 0 N–H and O–H groups in total. The lowest BCUT2D eigenvalue weighted by molar-refractivity contribution is 0.0624. The minimum Gasteiger partial charge on any atom is -0.335 e. The van der Waals surface area contributed by atoms with Crippen LogP contribution in [0.1, 0.15) is 39.5 Å². The standard InChI is InChI=1S/C24H24N6OS/c25-14-17-2-1-3-21(26-17)30-23-18-8-13-32-20(18)7-6-19(23)22(27-30)24(31)29-11-9-28(10-12-29)15-16-4-5-16/h1-3,8,13,16H,4-7,9-12,15H2. The number of aromatic nitrogens is 3. The number of carbonyl (C=O) groups excluding carboxylic acids is 1. The van der Waals surface area contributed by atoms with E-state index in [0.717, 1.165) is 61.8 Å². The average Bonchev–Trinajstić information content (AvgIpc) is 3.36. The van der Waals surface area contributed by atoms with Gasteiger partial charge in [-0.3, -0.25) is 9.69 Å². The minimum atomic E-state index is 0.0150. The normalized spacial score (nSPS) is 18.2. The first kappa shape index (κ1) is 19.6. The van der Waals surface area contributed by atoms with Gasteiger partial charge in [0.15, 0.2) is 11.5 Å². The zero-order valence-electron chi connectivity index (χ0n) is 17.8. The molecule has 7 nitrogen and oxygen atoms in total. The molecule has 2 aliphatic carbocycles. The Balaban J connectivity index is 1.36. The summed E-state index contributed by atoms with van der Waals surface area (Å²) in [6.45, 7) is 4.54. The van der Waals surface area contributed by atoms with Gasteiger partial charge in [-0.2, -0.15) is 10.4 Å². The van der Waals surface area contributed by atoms with Crippen molar-refractivity contribution in [1.29, 1.82) is 5.26 Å². The molecule has 1 saturated carbocycles. The van der Waals surface area contributed by atoms with Crippen molar-refractivity contribution in [2.75, 3.05) is 32.7 Å². The molecule has 1 aliphatic heterocycles. The topological polar surface area (TPSA) is 78.0 Å². The number of nitrogens with zero attached hydrogens (tertiary/aromatic N) is 6. The second-order valence-electron chi connectivity index (χ2n) is 8.87. The van der Waals surface area contributed by atoms with Gasteiger partial charge in [0.05, 0.1) is 5.69 Å². The van der Waals surface area contributed by atoms with Crippen molar-refractivity contribution in [2.45, 2.75) is 25.7 Å². The molecule has 0 spiro atoms. The smallest absolute Gasteiger partial charge is 0.274 e. The summed E-state index contributed by atoms with van der Waals surface area (Å²) in [4.78, 5) is 23.8. The fourth-order valence-corrected chi connectivity index (χ4v) is 5.72. The first-order valence-corrected chi connectivity index (χ1v) is 12.2. The molecular weight excluding hydrogens is 420 g/mol. The molecule has 0 bridgehead atoms. The van der Waals surface area contributed by atoms with Gasteiger partial charge in [0, 0.05) is 48.7 Å². The van der Waals surface area contributed by atoms with Crippen LogP contribution in [0.4, 0.5) is 0 Å². The highest BCUT2D eigenvalue weighted by molar-refractivity contribution is 7.10. The van der Waals surface area contributed by atoms with Crippen LogP contribution in [0.5, 0.6) is 0 Å². The van der Waals surface area contributed by atoms with Crippen LogP contribution in [0.2, 0.25) is 0 Å². The lowest BCUT2D eigenvalue weighted by Gasteiger charge is -2.34. The number of amides is 1. The summed E-state index contributed by atoms with van der Waals surface area (Å²) in [5, 5.41) is 16.2. The Kier molecular flexibility index (Phi) is 4.81. The molecule has 32 heavy (non-hydrogen) atoms. The van der Waals surface area contributed by atoms with Crippen molar-refractivity contribution >= 4 is 17.2 Å². The fraction of sp³-hybridized carbons (Fsp3) is 0.417. The number of hydrogen-bond donors (Lipinski definition) is 0. The van der Waals surface area contributed by atoms with Gasteiger partial charge in [-0.25, -0.2) is 9.67 Å². The summed E-state index contributed by atoms with van der Waals surface area (Å²) in [6, 6.07) is 9.55. The van der Waals surface area contributed by atoms with E-state index in [-0.39, 0.29) is 5.91 Å². The molecule has 3 aromatic heterocycles. The van der Waals surface area contributed by atoms with E-state index in [1.165, 1.54) is 24.3 Å². The highest BCUT2D eigenvalue weighted by Gasteiger charge is 2.33. The zero-order chi connectivity index (χ0) is 21.7. The number of pyridine rings is 1. The van der Waals surface area contributed by atoms with Crippen molar-refractivity contribution in [2.24, 2.45) is 5.92 Å². The molecule has 2 fully saturated rings. The number of aryl methyl sites for hydroxylation is 1. The summed E-state index contributed by atoms with van der Waals surface area (Å²) in [7, 11) is 0. The van der Waals surface area contributed by atoms with Crippen LogP contribution in [0.15, 0.2) is 29.6 Å². The van der Waals surface area contributed by atoms with Gasteiger partial charge in [0.25, 0.3) is 5.91 Å². The molecule has 8 heteroatoms. The van der Waals surface area contributed by atoms with Gasteiger partial charge >= 0.3 is 0 Å². The fourth-order valence-electron chi connectivity index (χ4n) is 4.84. The largest absolute Gasteiger partial charge is 0.335 e. The number of nitriles is 1. The van der Waals surface area contributed by atoms with E-state index in [0.29, 0.717) is 17.2 Å². The van der Waals surface area contributed by atoms with Gasteiger partial charge in [-0.15, -0.1) is 11.3 Å². The third kappa shape index (κ3) is 3.42. The van der Waals surface area contributed by atoms with Gasteiger partial charge in [-0.1, -0.05) is 6.07 Å². The highest BCUT2D eigenvalue weighted by Crippen LogP contribution is 2.39. The molecule has 1 amide bonds. The molecule has 4 heterocycles. The third-order valence-corrected chi connectivity index (χ3v) is 7.71. The van der Waals surface area contributed by atoms with Gasteiger partial charge in [-0.05, 0) is 55.2 Å². The van der Waals surface area contributed by atoms with Crippen molar-refractivity contribution < 1.29 is 4.79 Å². The number of fused-ring (bicyclic) bond motifs is 3. The number of thiophene rings is 1. The molecule has 6 rings (SSSR count). The van der Waals surface area contributed by atoms with E-state index in [1.54, 1.807) is 22.1 Å². The van der Waals surface area contributed by atoms with E-state index in [9.17, 15) is 10.1 Å². The zero-order valence-corrected chi connectivity index (χ0v) is 18.6. The molecule has 0 aromatic carbocycles. The maximum absolute atomic E-state index is 13.6. The lowest BCUT2D eigenvalue weighted by atomic mass is 9.94. The number of rotatable bonds is 4. The molecule has 162 valence electrons. The van der Waals surface area contributed by atoms with Crippen molar-refractivity contribution in [3.8, 4) is 23.1 Å². The van der Waals surface area contributed by atoms with Gasteiger partial charge in [0.2, 0.25) is 0 Å². The molecule has 1 saturated heterocycles. The number of hydrogen-bond acceptors (Lipinski definition) is 6. The Hall–Kier alpha value is -3.02. The minimum absolute atomic E-state index is 0.0150. The second-order valence-corrected chi connectivity index (χ2v) is 9.87. The molecular formula is C24H24N6OS. The van der Waals surface area contributed by atoms with Crippen LogP contribution < -0.4 is 0 Å². The summed E-state index contributed by atoms with van der Waals surface area (Å²) in [6.07, 6.45) is 4.43. The Morgan fingerprint density at radius 1 is 1.16 bits per heavy atom. The SMILES string of the molecule is N#Cc1cccc(-n2nc(C(=O)N3CCN(CC4CC4)CC3)c3c2-c2ccsc2CC3)n1. The van der Waals surface area contributed by atoms with E-state index in [1.807, 2.05) is 17.0 Å². The van der Waals surface area contributed by atoms with E-state index >= 15 is 0 Å². The number of piperazine rings is 1. The van der Waals surface area contributed by atoms with Gasteiger partial charge < -0.3 is 4.90 Å². The van der Waals surface area contributed by atoms with Crippen molar-refractivity contribution in [1.82, 2.24) is 24.6 Å².